The third-order valence-electron chi connectivity index (χ3n) is 9.45. The maximum Gasteiger partial charge on any atom is 0.255 e. The highest BCUT2D eigenvalue weighted by molar-refractivity contribution is 6.06. The predicted molar refractivity (Wildman–Crippen MR) is 139 cm³/mol. The molecule has 5 aliphatic rings. The lowest BCUT2D eigenvalue weighted by Crippen LogP contribution is -2.60. The van der Waals surface area contributed by atoms with Crippen LogP contribution in [-0.4, -0.2) is 91.1 Å². The standard InChI is InChI=1S/C28H38FN5O4/c1-16-22(15-23(16)38-18-7-9-30-10-8-18)33-13-11-32(12-14-33)20-4-3-19-25(26(20)29)17(2)34(28(19)37)21-5-6-24(35)31-27(21)36/h3-4,16-18,21-23,30H,5-15H2,1-2H3,(H,31,35,36)/t16-,17-,21?,22-,23-/m1/s1. The Morgan fingerprint density at radius 3 is 2.42 bits per heavy atom. The first kappa shape index (κ1) is 25.7. The summed E-state index contributed by atoms with van der Waals surface area (Å²) in [5, 5.41) is 5.70. The van der Waals surface area contributed by atoms with Crippen molar-refractivity contribution < 1.29 is 23.5 Å². The topological polar surface area (TPSA) is 94.2 Å². The van der Waals surface area contributed by atoms with E-state index in [1.807, 2.05) is 0 Å². The van der Waals surface area contributed by atoms with Gasteiger partial charge in [-0.25, -0.2) is 4.39 Å². The Morgan fingerprint density at radius 1 is 1.00 bits per heavy atom. The normalized spacial score (nSPS) is 32.8. The van der Waals surface area contributed by atoms with E-state index in [1.54, 1.807) is 19.1 Å². The molecule has 1 aromatic rings. The molecular weight excluding hydrogens is 489 g/mol. The van der Waals surface area contributed by atoms with Crippen LogP contribution in [0.1, 0.15) is 67.9 Å². The Balaban J connectivity index is 1.09. The van der Waals surface area contributed by atoms with Crippen LogP contribution < -0.4 is 15.5 Å². The molecule has 5 atom stereocenters. The van der Waals surface area contributed by atoms with Crippen LogP contribution in [0, 0.1) is 11.7 Å². The van der Waals surface area contributed by atoms with Gasteiger partial charge in [-0.3, -0.25) is 24.6 Å². The fraction of sp³-hybridized carbons (Fsp3) is 0.679. The Kier molecular flexibility index (Phi) is 6.90. The number of ether oxygens (including phenoxy) is 1. The van der Waals surface area contributed by atoms with Crippen LogP contribution in [0.4, 0.5) is 10.1 Å². The summed E-state index contributed by atoms with van der Waals surface area (Å²) in [7, 11) is 0. The minimum absolute atomic E-state index is 0.172. The molecule has 4 heterocycles. The number of amides is 3. The van der Waals surface area contributed by atoms with Crippen LogP contribution in [0.2, 0.25) is 0 Å². The number of hydrogen-bond acceptors (Lipinski definition) is 7. The maximum atomic E-state index is 15.9. The number of carbonyl (C=O) groups excluding carboxylic acids is 3. The first-order valence-corrected chi connectivity index (χ1v) is 14.2. The molecule has 4 fully saturated rings. The molecule has 0 bridgehead atoms. The molecular formula is C28H38FN5O4. The third-order valence-corrected chi connectivity index (χ3v) is 9.45. The van der Waals surface area contributed by atoms with E-state index in [9.17, 15) is 14.4 Å². The largest absolute Gasteiger partial charge is 0.374 e. The van der Waals surface area contributed by atoms with Crippen molar-refractivity contribution in [3.63, 3.8) is 0 Å². The fourth-order valence-corrected chi connectivity index (χ4v) is 7.09. The molecule has 3 saturated heterocycles. The average Bonchev–Trinajstić information content (AvgIpc) is 3.17. The van der Waals surface area contributed by atoms with Crippen LogP contribution in [0.3, 0.4) is 0 Å². The van der Waals surface area contributed by atoms with Crippen LogP contribution in [0.15, 0.2) is 12.1 Å². The number of nitrogens with one attached hydrogen (secondary N) is 2. The Hall–Kier alpha value is -2.56. The van der Waals surface area contributed by atoms with Gasteiger partial charge in [0, 0.05) is 49.8 Å². The number of fused-ring (bicyclic) bond motifs is 1. The van der Waals surface area contributed by atoms with Gasteiger partial charge in [0.05, 0.1) is 23.9 Å². The van der Waals surface area contributed by atoms with Gasteiger partial charge < -0.3 is 19.9 Å². The predicted octanol–water partition coefficient (Wildman–Crippen LogP) is 1.82. The highest BCUT2D eigenvalue weighted by Gasteiger charge is 2.46. The van der Waals surface area contributed by atoms with E-state index in [4.69, 9.17) is 4.74 Å². The molecule has 2 N–H and O–H groups in total. The van der Waals surface area contributed by atoms with E-state index in [-0.39, 0.29) is 30.5 Å². The molecule has 1 unspecified atom stereocenters. The summed E-state index contributed by atoms with van der Waals surface area (Å²) in [6.45, 7) is 9.30. The number of piperazine rings is 1. The number of nitrogens with zero attached hydrogens (tertiary/aromatic N) is 3. The first-order valence-electron chi connectivity index (χ1n) is 14.2. The highest BCUT2D eigenvalue weighted by atomic mass is 19.1. The van der Waals surface area contributed by atoms with Gasteiger partial charge in [0.1, 0.15) is 6.04 Å². The summed E-state index contributed by atoms with van der Waals surface area (Å²) in [6, 6.07) is 2.57. The summed E-state index contributed by atoms with van der Waals surface area (Å²) in [4.78, 5) is 43.2. The molecule has 9 nitrogen and oxygen atoms in total. The molecule has 0 spiro atoms. The molecule has 206 valence electrons. The second kappa shape index (κ2) is 10.2. The van der Waals surface area contributed by atoms with Gasteiger partial charge in [-0.1, -0.05) is 6.92 Å². The number of hydrogen-bond donors (Lipinski definition) is 2. The van der Waals surface area contributed by atoms with E-state index in [1.165, 1.54) is 4.90 Å². The minimum atomic E-state index is -0.763. The zero-order chi connectivity index (χ0) is 26.6. The Labute approximate surface area is 223 Å². The van der Waals surface area contributed by atoms with Crippen molar-refractivity contribution in [1.29, 1.82) is 0 Å². The van der Waals surface area contributed by atoms with Gasteiger partial charge in [-0.2, -0.15) is 0 Å². The number of anilines is 1. The molecule has 6 rings (SSSR count). The number of benzene rings is 1. The van der Waals surface area contributed by atoms with Crippen molar-refractivity contribution in [3.05, 3.63) is 29.1 Å². The zero-order valence-electron chi connectivity index (χ0n) is 22.2. The monoisotopic (exact) mass is 527 g/mol. The highest BCUT2D eigenvalue weighted by Crippen LogP contribution is 2.42. The van der Waals surface area contributed by atoms with Gasteiger partial charge in [0.25, 0.3) is 5.91 Å². The van der Waals surface area contributed by atoms with E-state index in [0.29, 0.717) is 41.0 Å². The van der Waals surface area contributed by atoms with E-state index in [0.717, 1.165) is 58.5 Å². The van der Waals surface area contributed by atoms with Crippen LogP contribution in [0.5, 0.6) is 0 Å². The minimum Gasteiger partial charge on any atom is -0.374 e. The van der Waals surface area contributed by atoms with E-state index in [2.05, 4.69) is 27.4 Å². The summed E-state index contributed by atoms with van der Waals surface area (Å²) >= 11 is 0. The van der Waals surface area contributed by atoms with Crippen LogP contribution in [-0.2, 0) is 14.3 Å². The molecule has 3 amide bonds. The van der Waals surface area contributed by atoms with E-state index < -0.39 is 18.0 Å². The van der Waals surface area contributed by atoms with Gasteiger partial charge >= 0.3 is 0 Å². The average molecular weight is 528 g/mol. The smallest absolute Gasteiger partial charge is 0.255 e. The summed E-state index contributed by atoms with van der Waals surface area (Å²) in [5.74, 6) is -1.05. The van der Waals surface area contributed by atoms with Crippen molar-refractivity contribution >= 4 is 23.4 Å². The zero-order valence-corrected chi connectivity index (χ0v) is 22.2. The molecule has 0 aromatic heterocycles. The number of piperidine rings is 2. The van der Waals surface area contributed by atoms with Gasteiger partial charge in [-0.05, 0) is 63.7 Å². The maximum absolute atomic E-state index is 15.9. The van der Waals surface area contributed by atoms with Crippen molar-refractivity contribution in [3.8, 4) is 0 Å². The van der Waals surface area contributed by atoms with Crippen molar-refractivity contribution in [2.45, 2.75) is 76.3 Å². The lowest BCUT2D eigenvalue weighted by atomic mass is 9.76. The number of carbonyl (C=O) groups is 3. The number of imide groups is 1. The van der Waals surface area contributed by atoms with Gasteiger partial charge in [-0.15, -0.1) is 0 Å². The van der Waals surface area contributed by atoms with Crippen LogP contribution in [0.25, 0.3) is 0 Å². The number of rotatable bonds is 5. The third kappa shape index (κ3) is 4.40. The Morgan fingerprint density at radius 2 is 1.74 bits per heavy atom. The summed E-state index contributed by atoms with van der Waals surface area (Å²) < 4.78 is 22.3. The molecule has 38 heavy (non-hydrogen) atoms. The molecule has 1 aliphatic carbocycles. The molecule has 1 aromatic carbocycles. The quantitative estimate of drug-likeness (QED) is 0.564. The molecule has 1 saturated carbocycles. The fourth-order valence-electron chi connectivity index (χ4n) is 7.09. The second-order valence-electron chi connectivity index (χ2n) is 11.5. The van der Waals surface area contributed by atoms with Crippen molar-refractivity contribution in [2.75, 3.05) is 44.2 Å². The molecule has 10 heteroatoms. The van der Waals surface area contributed by atoms with Crippen LogP contribution >= 0.6 is 0 Å². The summed E-state index contributed by atoms with van der Waals surface area (Å²) in [6.07, 6.45) is 4.39. The molecule has 0 radical (unpaired) electrons. The lowest BCUT2D eigenvalue weighted by molar-refractivity contribution is -0.137. The first-order chi connectivity index (χ1) is 18.3. The Bertz CT molecular complexity index is 1120. The van der Waals surface area contributed by atoms with Gasteiger partial charge in [0.2, 0.25) is 11.8 Å². The van der Waals surface area contributed by atoms with Gasteiger partial charge in [0.15, 0.2) is 5.82 Å². The van der Waals surface area contributed by atoms with Crippen molar-refractivity contribution in [1.82, 2.24) is 20.4 Å². The SMILES string of the molecule is C[C@@H]1[C@H](N2CCN(c3ccc4c(c3F)[C@@H](C)N(C3CCC(=O)NC3=O)C4=O)CC2)C[C@H]1OC1CCNCC1. The second-order valence-corrected chi connectivity index (χ2v) is 11.5. The lowest BCUT2D eigenvalue weighted by Gasteiger charge is -2.51. The summed E-state index contributed by atoms with van der Waals surface area (Å²) in [5.41, 5.74) is 1.18. The van der Waals surface area contributed by atoms with Crippen molar-refractivity contribution in [2.24, 2.45) is 5.92 Å². The number of halogens is 1. The van der Waals surface area contributed by atoms with E-state index >= 15 is 4.39 Å². The molecule has 4 aliphatic heterocycles.